The van der Waals surface area contributed by atoms with Crippen molar-refractivity contribution in [3.63, 3.8) is 0 Å². The molecule has 4 rings (SSSR count). The predicted octanol–water partition coefficient (Wildman–Crippen LogP) is 3.75. The molecule has 2 heterocycles. The lowest BCUT2D eigenvalue weighted by atomic mass is 10.2. The number of hydrogen-bond acceptors (Lipinski definition) is 4. The molecule has 1 aliphatic heterocycles. The Labute approximate surface area is 144 Å². The van der Waals surface area contributed by atoms with Crippen LogP contribution in [0.2, 0.25) is 5.28 Å². The first-order chi connectivity index (χ1) is 11.7. The minimum absolute atomic E-state index is 0.209. The standard InChI is InChI=1S/C18H16ClFN4/c19-18-21-16-4-2-1-3-15(16)17(22-18)24-11-9-23(10-12-24)14-7-5-13(20)6-8-14/h1-8H,9-12H2. The molecule has 2 aromatic carbocycles. The molecule has 0 saturated carbocycles. The summed E-state index contributed by atoms with van der Waals surface area (Å²) in [6.07, 6.45) is 0. The van der Waals surface area contributed by atoms with Crippen LogP contribution in [0.5, 0.6) is 0 Å². The van der Waals surface area contributed by atoms with Crippen LogP contribution < -0.4 is 9.80 Å². The zero-order chi connectivity index (χ0) is 16.5. The Hall–Kier alpha value is -2.40. The number of aromatic nitrogens is 2. The van der Waals surface area contributed by atoms with Crippen LogP contribution in [0.15, 0.2) is 48.5 Å². The molecule has 3 aromatic rings. The first kappa shape index (κ1) is 15.1. The summed E-state index contributed by atoms with van der Waals surface area (Å²) in [6, 6.07) is 14.5. The summed E-state index contributed by atoms with van der Waals surface area (Å²) in [5, 5.41) is 1.28. The number of piperazine rings is 1. The van der Waals surface area contributed by atoms with E-state index < -0.39 is 0 Å². The van der Waals surface area contributed by atoms with E-state index in [4.69, 9.17) is 11.6 Å². The molecule has 122 valence electrons. The second-order valence-corrected chi connectivity index (χ2v) is 6.12. The second-order valence-electron chi connectivity index (χ2n) is 5.78. The second kappa shape index (κ2) is 6.24. The van der Waals surface area contributed by atoms with Gasteiger partial charge in [0.25, 0.3) is 0 Å². The number of anilines is 2. The number of rotatable bonds is 2. The fraction of sp³-hybridized carbons (Fsp3) is 0.222. The molecule has 4 nitrogen and oxygen atoms in total. The number of fused-ring (bicyclic) bond motifs is 1. The molecule has 1 aliphatic rings. The van der Waals surface area contributed by atoms with Crippen LogP contribution in [0.4, 0.5) is 15.9 Å². The largest absolute Gasteiger partial charge is 0.368 e. The van der Waals surface area contributed by atoms with Crippen molar-refractivity contribution in [1.82, 2.24) is 9.97 Å². The summed E-state index contributed by atoms with van der Waals surface area (Å²) < 4.78 is 13.1. The first-order valence-corrected chi connectivity index (χ1v) is 8.26. The Morgan fingerprint density at radius 1 is 0.833 bits per heavy atom. The third-order valence-electron chi connectivity index (χ3n) is 4.33. The number of halogens is 2. The molecule has 24 heavy (non-hydrogen) atoms. The highest BCUT2D eigenvalue weighted by molar-refractivity contribution is 6.28. The average Bonchev–Trinajstić information content (AvgIpc) is 2.62. The summed E-state index contributed by atoms with van der Waals surface area (Å²) >= 11 is 6.09. The topological polar surface area (TPSA) is 32.3 Å². The molecule has 1 saturated heterocycles. The van der Waals surface area contributed by atoms with E-state index in [1.165, 1.54) is 12.1 Å². The quantitative estimate of drug-likeness (QED) is 0.664. The van der Waals surface area contributed by atoms with E-state index in [0.29, 0.717) is 0 Å². The van der Waals surface area contributed by atoms with Gasteiger partial charge in [-0.05, 0) is 48.0 Å². The molecule has 1 aromatic heterocycles. The van der Waals surface area contributed by atoms with Gasteiger partial charge in [-0.3, -0.25) is 0 Å². The maximum absolute atomic E-state index is 13.1. The number of nitrogens with zero attached hydrogens (tertiary/aromatic N) is 4. The Morgan fingerprint density at radius 3 is 2.25 bits per heavy atom. The Balaban J connectivity index is 1.57. The third-order valence-corrected chi connectivity index (χ3v) is 4.50. The van der Waals surface area contributed by atoms with Crippen LogP contribution in [-0.4, -0.2) is 36.1 Å². The van der Waals surface area contributed by atoms with Crippen molar-refractivity contribution >= 4 is 34.0 Å². The molecule has 0 spiro atoms. The summed E-state index contributed by atoms with van der Waals surface area (Å²) in [4.78, 5) is 13.2. The van der Waals surface area contributed by atoms with Crippen molar-refractivity contribution < 1.29 is 4.39 Å². The number of para-hydroxylation sites is 1. The van der Waals surface area contributed by atoms with Crippen LogP contribution >= 0.6 is 11.6 Å². The summed E-state index contributed by atoms with van der Waals surface area (Å²) in [5.74, 6) is 0.670. The highest BCUT2D eigenvalue weighted by Crippen LogP contribution is 2.27. The smallest absolute Gasteiger partial charge is 0.224 e. The van der Waals surface area contributed by atoms with Gasteiger partial charge in [0.15, 0.2) is 0 Å². The molecule has 1 fully saturated rings. The van der Waals surface area contributed by atoms with Gasteiger partial charge < -0.3 is 9.80 Å². The van der Waals surface area contributed by atoms with Crippen molar-refractivity contribution in [1.29, 1.82) is 0 Å². The zero-order valence-electron chi connectivity index (χ0n) is 13.0. The first-order valence-electron chi connectivity index (χ1n) is 7.88. The van der Waals surface area contributed by atoms with Crippen molar-refractivity contribution in [2.75, 3.05) is 36.0 Å². The minimum atomic E-state index is -0.209. The van der Waals surface area contributed by atoms with Gasteiger partial charge >= 0.3 is 0 Å². The number of hydrogen-bond donors (Lipinski definition) is 0. The minimum Gasteiger partial charge on any atom is -0.368 e. The molecular weight excluding hydrogens is 327 g/mol. The summed E-state index contributed by atoms with van der Waals surface area (Å²) in [5.41, 5.74) is 1.90. The van der Waals surface area contributed by atoms with Gasteiger partial charge in [0, 0.05) is 37.3 Å². The normalized spacial score (nSPS) is 15.1. The molecule has 0 radical (unpaired) electrons. The Bertz CT molecular complexity index is 861. The Kier molecular flexibility index (Phi) is 3.94. The van der Waals surface area contributed by atoms with Crippen LogP contribution in [-0.2, 0) is 0 Å². The lowest BCUT2D eigenvalue weighted by Crippen LogP contribution is -2.47. The fourth-order valence-electron chi connectivity index (χ4n) is 3.10. The molecule has 0 N–H and O–H groups in total. The third kappa shape index (κ3) is 2.87. The van der Waals surface area contributed by atoms with E-state index in [-0.39, 0.29) is 11.1 Å². The summed E-state index contributed by atoms with van der Waals surface area (Å²) in [6.45, 7) is 3.35. The SMILES string of the molecule is Fc1ccc(N2CCN(c3nc(Cl)nc4ccccc34)CC2)cc1. The van der Waals surface area contributed by atoms with Crippen molar-refractivity contribution in [2.45, 2.75) is 0 Å². The van der Waals surface area contributed by atoms with Gasteiger partial charge in [0.05, 0.1) is 5.52 Å². The van der Waals surface area contributed by atoms with Crippen LogP contribution in [0.1, 0.15) is 0 Å². The van der Waals surface area contributed by atoms with Gasteiger partial charge in [0.1, 0.15) is 11.6 Å². The maximum atomic E-state index is 13.1. The predicted molar refractivity (Wildman–Crippen MR) is 95.4 cm³/mol. The van der Waals surface area contributed by atoms with E-state index in [0.717, 1.165) is 48.6 Å². The fourth-order valence-corrected chi connectivity index (χ4v) is 3.27. The zero-order valence-corrected chi connectivity index (χ0v) is 13.7. The van der Waals surface area contributed by atoms with Crippen molar-refractivity contribution in [3.05, 3.63) is 59.6 Å². The van der Waals surface area contributed by atoms with Crippen molar-refractivity contribution in [2.24, 2.45) is 0 Å². The lowest BCUT2D eigenvalue weighted by molar-refractivity contribution is 0.624. The monoisotopic (exact) mass is 342 g/mol. The highest BCUT2D eigenvalue weighted by Gasteiger charge is 2.20. The molecular formula is C18H16ClFN4. The van der Waals surface area contributed by atoms with E-state index in [1.807, 2.05) is 36.4 Å². The van der Waals surface area contributed by atoms with Gasteiger partial charge in [0.2, 0.25) is 5.28 Å². The number of benzene rings is 2. The summed E-state index contributed by atoms with van der Waals surface area (Å²) in [7, 11) is 0. The molecule has 0 aliphatic carbocycles. The van der Waals surface area contributed by atoms with Crippen molar-refractivity contribution in [3.8, 4) is 0 Å². The van der Waals surface area contributed by atoms with E-state index in [2.05, 4.69) is 19.8 Å². The lowest BCUT2D eigenvalue weighted by Gasteiger charge is -2.37. The molecule has 0 bridgehead atoms. The molecule has 6 heteroatoms. The van der Waals surface area contributed by atoms with E-state index >= 15 is 0 Å². The molecule has 0 amide bonds. The average molecular weight is 343 g/mol. The maximum Gasteiger partial charge on any atom is 0.224 e. The van der Waals surface area contributed by atoms with Gasteiger partial charge in [-0.15, -0.1) is 0 Å². The van der Waals surface area contributed by atoms with Crippen LogP contribution in [0.3, 0.4) is 0 Å². The highest BCUT2D eigenvalue weighted by atomic mass is 35.5. The van der Waals surface area contributed by atoms with E-state index in [1.54, 1.807) is 0 Å². The van der Waals surface area contributed by atoms with Gasteiger partial charge in [-0.2, -0.15) is 4.98 Å². The van der Waals surface area contributed by atoms with Crippen LogP contribution in [0, 0.1) is 5.82 Å². The van der Waals surface area contributed by atoms with Gasteiger partial charge in [-0.25, -0.2) is 9.37 Å². The molecule has 0 atom stereocenters. The van der Waals surface area contributed by atoms with Gasteiger partial charge in [-0.1, -0.05) is 12.1 Å². The Morgan fingerprint density at radius 2 is 1.50 bits per heavy atom. The van der Waals surface area contributed by atoms with E-state index in [9.17, 15) is 4.39 Å². The van der Waals surface area contributed by atoms with Crippen LogP contribution in [0.25, 0.3) is 10.9 Å². The molecule has 0 unspecified atom stereocenters.